The first-order chi connectivity index (χ1) is 6.47. The minimum Gasteiger partial charge on any atom is -0.282 e. The third-order valence-corrected chi connectivity index (χ3v) is 2.37. The molecule has 0 unspecified atom stereocenters. The first kappa shape index (κ1) is 10.3. The number of benzene rings is 1. The third kappa shape index (κ3) is 2.14. The molecule has 0 amide bonds. The Morgan fingerprint density at radius 3 is 1.79 bits per heavy atom. The van der Waals surface area contributed by atoms with Crippen molar-refractivity contribution < 1.29 is 13.0 Å². The Kier molecular flexibility index (Phi) is 2.62. The summed E-state index contributed by atoms with van der Waals surface area (Å²) in [6.07, 6.45) is 10.2. The molecule has 4 heteroatoms. The second kappa shape index (κ2) is 3.55. The van der Waals surface area contributed by atoms with E-state index in [4.69, 9.17) is 17.4 Å². The van der Waals surface area contributed by atoms with Crippen molar-refractivity contribution in [3.8, 4) is 24.7 Å². The number of rotatable bonds is 1. The van der Waals surface area contributed by atoms with Crippen LogP contribution in [0.15, 0.2) is 23.1 Å². The Morgan fingerprint density at radius 1 is 1.07 bits per heavy atom. The van der Waals surface area contributed by atoms with Gasteiger partial charge >= 0.3 is 0 Å². The maximum atomic E-state index is 10.8. The molecule has 0 saturated carbocycles. The second-order valence-corrected chi connectivity index (χ2v) is 3.93. The molecule has 0 spiro atoms. The highest BCUT2D eigenvalue weighted by Gasteiger charge is 2.10. The monoisotopic (exact) mass is 206 g/mol. The largest absolute Gasteiger partial charge is 0.294 e. The number of hydrogen-bond acceptors (Lipinski definition) is 2. The SMILES string of the molecule is C#Cc1cc(C#C)cc(S(=O)(=O)O)c1. The molecule has 0 aromatic heterocycles. The fourth-order valence-electron chi connectivity index (χ4n) is 0.915. The third-order valence-electron chi connectivity index (χ3n) is 1.54. The van der Waals surface area contributed by atoms with E-state index in [2.05, 4.69) is 11.8 Å². The number of terminal acetylenes is 2. The maximum Gasteiger partial charge on any atom is 0.294 e. The molecule has 1 N–H and O–H groups in total. The van der Waals surface area contributed by atoms with Gasteiger partial charge < -0.3 is 0 Å². The zero-order valence-electron chi connectivity index (χ0n) is 7.06. The van der Waals surface area contributed by atoms with Gasteiger partial charge in [0.25, 0.3) is 10.1 Å². The smallest absolute Gasteiger partial charge is 0.282 e. The molecular formula is C10H6O3S. The van der Waals surface area contributed by atoms with Crippen molar-refractivity contribution in [3.63, 3.8) is 0 Å². The molecule has 14 heavy (non-hydrogen) atoms. The fraction of sp³-hybridized carbons (Fsp3) is 0. The van der Waals surface area contributed by atoms with Gasteiger partial charge in [0.15, 0.2) is 0 Å². The van der Waals surface area contributed by atoms with Gasteiger partial charge in [-0.2, -0.15) is 8.42 Å². The predicted molar refractivity (Wildman–Crippen MR) is 52.1 cm³/mol. The Morgan fingerprint density at radius 2 is 1.50 bits per heavy atom. The Hall–Kier alpha value is -1.75. The molecule has 70 valence electrons. The van der Waals surface area contributed by atoms with E-state index in [0.717, 1.165) is 0 Å². The summed E-state index contributed by atoms with van der Waals surface area (Å²) in [7, 11) is -4.26. The van der Waals surface area contributed by atoms with Crippen LogP contribution < -0.4 is 0 Å². The van der Waals surface area contributed by atoms with Gasteiger partial charge in [-0.05, 0) is 18.2 Å². The molecule has 1 aromatic carbocycles. The van der Waals surface area contributed by atoms with E-state index < -0.39 is 10.1 Å². The number of hydrogen-bond donors (Lipinski definition) is 1. The molecule has 0 aliphatic carbocycles. The first-order valence-corrected chi connectivity index (χ1v) is 4.97. The lowest BCUT2D eigenvalue weighted by molar-refractivity contribution is 0.483. The molecule has 0 saturated heterocycles. The van der Waals surface area contributed by atoms with Crippen molar-refractivity contribution in [2.75, 3.05) is 0 Å². The van der Waals surface area contributed by atoms with E-state index in [-0.39, 0.29) is 4.90 Å². The molecule has 0 aliphatic heterocycles. The summed E-state index contributed by atoms with van der Waals surface area (Å²) < 4.78 is 30.3. The maximum absolute atomic E-state index is 10.8. The summed E-state index contributed by atoms with van der Waals surface area (Å²) in [4.78, 5) is -0.291. The molecular weight excluding hydrogens is 200 g/mol. The average molecular weight is 206 g/mol. The van der Waals surface area contributed by atoms with E-state index in [1.165, 1.54) is 18.2 Å². The first-order valence-electron chi connectivity index (χ1n) is 3.53. The van der Waals surface area contributed by atoms with Crippen LogP contribution in [0.5, 0.6) is 0 Å². The molecule has 1 rings (SSSR count). The van der Waals surface area contributed by atoms with Crippen molar-refractivity contribution in [3.05, 3.63) is 29.3 Å². The summed E-state index contributed by atoms with van der Waals surface area (Å²) in [6.45, 7) is 0. The van der Waals surface area contributed by atoms with Gasteiger partial charge in [0, 0.05) is 11.1 Å². The molecule has 0 atom stereocenters. The van der Waals surface area contributed by atoms with E-state index >= 15 is 0 Å². The van der Waals surface area contributed by atoms with Crippen molar-refractivity contribution in [1.82, 2.24) is 0 Å². The van der Waals surface area contributed by atoms with E-state index in [1.807, 2.05) is 0 Å². The summed E-state index contributed by atoms with van der Waals surface area (Å²) in [5.41, 5.74) is 0.626. The van der Waals surface area contributed by atoms with Gasteiger partial charge in [-0.25, -0.2) is 0 Å². The molecule has 3 nitrogen and oxygen atoms in total. The van der Waals surface area contributed by atoms with Crippen LogP contribution in [-0.4, -0.2) is 13.0 Å². The van der Waals surface area contributed by atoms with Crippen molar-refractivity contribution >= 4 is 10.1 Å². The molecule has 0 heterocycles. The topological polar surface area (TPSA) is 54.4 Å². The summed E-state index contributed by atoms with van der Waals surface area (Å²) in [5, 5.41) is 0. The van der Waals surface area contributed by atoms with Crippen LogP contribution in [-0.2, 0) is 10.1 Å². The van der Waals surface area contributed by atoms with Gasteiger partial charge in [-0.15, -0.1) is 12.8 Å². The molecule has 1 aromatic rings. The van der Waals surface area contributed by atoms with Crippen LogP contribution >= 0.6 is 0 Å². The predicted octanol–water partition coefficient (Wildman–Crippen LogP) is 0.896. The van der Waals surface area contributed by atoms with Crippen LogP contribution in [0.2, 0.25) is 0 Å². The Balaban J connectivity index is 3.51. The standard InChI is InChI=1S/C10H6O3S/c1-3-8-5-9(4-2)7-10(6-8)14(11,12)13/h1-2,5-7H,(H,11,12,13). The highest BCUT2D eigenvalue weighted by atomic mass is 32.2. The van der Waals surface area contributed by atoms with Gasteiger partial charge in [0.2, 0.25) is 0 Å². The van der Waals surface area contributed by atoms with Gasteiger partial charge in [0.05, 0.1) is 4.90 Å². The van der Waals surface area contributed by atoms with Crippen molar-refractivity contribution in [2.24, 2.45) is 0 Å². The van der Waals surface area contributed by atoms with Gasteiger partial charge in [-0.1, -0.05) is 11.8 Å². The Bertz CT molecular complexity index is 509. The minimum absolute atomic E-state index is 0.291. The minimum atomic E-state index is -4.26. The van der Waals surface area contributed by atoms with Crippen LogP contribution in [0.1, 0.15) is 11.1 Å². The lowest BCUT2D eigenvalue weighted by atomic mass is 10.1. The molecule has 0 fully saturated rings. The zero-order valence-corrected chi connectivity index (χ0v) is 7.88. The van der Waals surface area contributed by atoms with Crippen LogP contribution in [0.4, 0.5) is 0 Å². The summed E-state index contributed by atoms with van der Waals surface area (Å²) >= 11 is 0. The van der Waals surface area contributed by atoms with Crippen LogP contribution in [0.3, 0.4) is 0 Å². The fourth-order valence-corrected chi connectivity index (χ4v) is 1.47. The van der Waals surface area contributed by atoms with Gasteiger partial charge in [-0.3, -0.25) is 4.55 Å². The van der Waals surface area contributed by atoms with E-state index in [0.29, 0.717) is 11.1 Å². The average Bonchev–Trinajstić information content (AvgIpc) is 2.15. The van der Waals surface area contributed by atoms with Gasteiger partial charge in [0.1, 0.15) is 0 Å². The summed E-state index contributed by atoms with van der Waals surface area (Å²) in [6, 6.07) is 3.83. The van der Waals surface area contributed by atoms with Crippen molar-refractivity contribution in [2.45, 2.75) is 4.90 Å². The lowest BCUT2D eigenvalue weighted by Gasteiger charge is -1.99. The van der Waals surface area contributed by atoms with Crippen molar-refractivity contribution in [1.29, 1.82) is 0 Å². The Labute approximate surface area is 82.5 Å². The highest BCUT2D eigenvalue weighted by molar-refractivity contribution is 7.85. The quantitative estimate of drug-likeness (QED) is 0.548. The molecule has 0 bridgehead atoms. The normalized spacial score (nSPS) is 10.2. The zero-order chi connectivity index (χ0) is 10.8. The second-order valence-electron chi connectivity index (χ2n) is 2.51. The lowest BCUT2D eigenvalue weighted by Crippen LogP contribution is -1.99. The molecule has 0 radical (unpaired) electrons. The van der Waals surface area contributed by atoms with E-state index in [1.54, 1.807) is 0 Å². The van der Waals surface area contributed by atoms with E-state index in [9.17, 15) is 8.42 Å². The van der Waals surface area contributed by atoms with Crippen LogP contribution in [0, 0.1) is 24.7 Å². The van der Waals surface area contributed by atoms with Crippen LogP contribution in [0.25, 0.3) is 0 Å². The highest BCUT2D eigenvalue weighted by Crippen LogP contribution is 2.13. The summed E-state index contributed by atoms with van der Waals surface area (Å²) in [5.74, 6) is 4.49. The molecule has 0 aliphatic rings.